The summed E-state index contributed by atoms with van der Waals surface area (Å²) in [5, 5.41) is 17.8. The molecule has 6 nitrogen and oxygen atoms in total. The first kappa shape index (κ1) is 14.9. The van der Waals surface area contributed by atoms with E-state index in [1.54, 1.807) is 26.0 Å². The second-order valence-corrected chi connectivity index (χ2v) is 4.80. The fourth-order valence-corrected chi connectivity index (χ4v) is 1.93. The van der Waals surface area contributed by atoms with Crippen LogP contribution in [0.15, 0.2) is 29.1 Å². The molecule has 1 aromatic heterocycles. The van der Waals surface area contributed by atoms with E-state index in [0.717, 1.165) is 11.1 Å². The summed E-state index contributed by atoms with van der Waals surface area (Å²) in [6, 6.07) is 7.22. The van der Waals surface area contributed by atoms with Crippen LogP contribution < -0.4 is 10.9 Å². The van der Waals surface area contributed by atoms with Crippen molar-refractivity contribution in [3.8, 4) is 0 Å². The highest BCUT2D eigenvalue weighted by Crippen LogP contribution is 2.07. The Balaban J connectivity index is 2.11. The number of aromatic amines is 1. The number of rotatable bonds is 4. The van der Waals surface area contributed by atoms with Gasteiger partial charge in [-0.25, -0.2) is 5.10 Å². The molecule has 0 fully saturated rings. The molecule has 0 saturated heterocycles. The standard InChI is InChI=1S/C15H17N3O3/c1-9-10(2)17-18-15(21)13(9)14(20)16-7-11-3-5-12(8-19)6-4-11/h3-6,19H,7-8H2,1-2H3,(H,16,20)(H,18,21). The van der Waals surface area contributed by atoms with Gasteiger partial charge in [0.25, 0.3) is 11.5 Å². The monoisotopic (exact) mass is 287 g/mol. The fraction of sp³-hybridized carbons (Fsp3) is 0.267. The van der Waals surface area contributed by atoms with Crippen molar-refractivity contribution >= 4 is 5.91 Å². The van der Waals surface area contributed by atoms with E-state index in [4.69, 9.17) is 5.11 Å². The molecule has 0 unspecified atom stereocenters. The second kappa shape index (κ2) is 6.32. The molecule has 1 aromatic carbocycles. The predicted molar refractivity (Wildman–Crippen MR) is 77.9 cm³/mol. The zero-order valence-electron chi connectivity index (χ0n) is 11.9. The Kier molecular flexibility index (Phi) is 4.49. The molecule has 0 atom stereocenters. The summed E-state index contributed by atoms with van der Waals surface area (Å²) in [6.45, 7) is 3.72. The van der Waals surface area contributed by atoms with Crippen molar-refractivity contribution in [1.82, 2.24) is 15.5 Å². The van der Waals surface area contributed by atoms with Gasteiger partial charge in [-0.15, -0.1) is 0 Å². The molecule has 2 rings (SSSR count). The minimum absolute atomic E-state index is 0.0164. The topological polar surface area (TPSA) is 95.1 Å². The number of hydrogen-bond acceptors (Lipinski definition) is 4. The Morgan fingerprint density at radius 3 is 2.48 bits per heavy atom. The molecule has 0 radical (unpaired) electrons. The molecule has 1 heterocycles. The number of nitrogens with one attached hydrogen (secondary N) is 2. The van der Waals surface area contributed by atoms with E-state index >= 15 is 0 Å². The van der Waals surface area contributed by atoms with Gasteiger partial charge >= 0.3 is 0 Å². The van der Waals surface area contributed by atoms with Crippen LogP contribution in [0.3, 0.4) is 0 Å². The van der Waals surface area contributed by atoms with Crippen LogP contribution in [0.5, 0.6) is 0 Å². The van der Waals surface area contributed by atoms with Crippen molar-refractivity contribution in [3.05, 3.63) is 62.6 Å². The second-order valence-electron chi connectivity index (χ2n) is 4.80. The van der Waals surface area contributed by atoms with Crippen LogP contribution in [0.2, 0.25) is 0 Å². The summed E-state index contributed by atoms with van der Waals surface area (Å²) in [6.07, 6.45) is 0. The van der Waals surface area contributed by atoms with Crippen LogP contribution in [0.1, 0.15) is 32.7 Å². The van der Waals surface area contributed by atoms with Gasteiger partial charge in [-0.1, -0.05) is 24.3 Å². The van der Waals surface area contributed by atoms with Gasteiger partial charge in [0.05, 0.1) is 12.3 Å². The van der Waals surface area contributed by atoms with Crippen LogP contribution in [0, 0.1) is 13.8 Å². The molecule has 21 heavy (non-hydrogen) atoms. The number of benzene rings is 1. The maximum atomic E-state index is 12.1. The highest BCUT2D eigenvalue weighted by Gasteiger charge is 2.15. The molecular weight excluding hydrogens is 270 g/mol. The third kappa shape index (κ3) is 3.35. The molecule has 0 spiro atoms. The van der Waals surface area contributed by atoms with Crippen molar-refractivity contribution < 1.29 is 9.90 Å². The maximum Gasteiger partial charge on any atom is 0.277 e. The van der Waals surface area contributed by atoms with Gasteiger partial charge in [0.2, 0.25) is 0 Å². The number of aliphatic hydroxyl groups is 1. The quantitative estimate of drug-likeness (QED) is 0.775. The van der Waals surface area contributed by atoms with E-state index in [9.17, 15) is 9.59 Å². The molecule has 0 aliphatic heterocycles. The van der Waals surface area contributed by atoms with E-state index in [1.807, 2.05) is 12.1 Å². The highest BCUT2D eigenvalue weighted by atomic mass is 16.3. The predicted octanol–water partition coefficient (Wildman–Crippen LogP) is 0.809. The Morgan fingerprint density at radius 2 is 1.86 bits per heavy atom. The molecule has 0 bridgehead atoms. The zero-order chi connectivity index (χ0) is 15.4. The Bertz CT molecular complexity index is 705. The van der Waals surface area contributed by atoms with Crippen molar-refractivity contribution in [2.75, 3.05) is 0 Å². The summed E-state index contributed by atoms with van der Waals surface area (Å²) in [7, 11) is 0. The number of aryl methyl sites for hydroxylation is 1. The SMILES string of the molecule is Cc1n[nH]c(=O)c(C(=O)NCc2ccc(CO)cc2)c1C. The van der Waals surface area contributed by atoms with Gasteiger partial charge in [0.1, 0.15) is 5.56 Å². The van der Waals surface area contributed by atoms with E-state index < -0.39 is 11.5 Å². The summed E-state index contributed by atoms with van der Waals surface area (Å²) >= 11 is 0. The van der Waals surface area contributed by atoms with Crippen LogP contribution in [-0.4, -0.2) is 21.2 Å². The summed E-state index contributed by atoms with van der Waals surface area (Å²) in [5.74, 6) is -0.425. The fourth-order valence-electron chi connectivity index (χ4n) is 1.93. The zero-order valence-corrected chi connectivity index (χ0v) is 11.9. The van der Waals surface area contributed by atoms with Gasteiger partial charge in [-0.05, 0) is 30.5 Å². The van der Waals surface area contributed by atoms with Crippen LogP contribution >= 0.6 is 0 Å². The highest BCUT2D eigenvalue weighted by molar-refractivity contribution is 5.95. The summed E-state index contributed by atoms with van der Waals surface area (Å²) < 4.78 is 0. The molecule has 6 heteroatoms. The number of aromatic nitrogens is 2. The number of H-pyrrole nitrogens is 1. The maximum absolute atomic E-state index is 12.1. The first-order valence-corrected chi connectivity index (χ1v) is 6.55. The van der Waals surface area contributed by atoms with E-state index in [0.29, 0.717) is 17.8 Å². The third-order valence-corrected chi connectivity index (χ3v) is 3.36. The minimum Gasteiger partial charge on any atom is -0.392 e. The summed E-state index contributed by atoms with van der Waals surface area (Å²) in [4.78, 5) is 23.9. The van der Waals surface area contributed by atoms with Gasteiger partial charge in [-0.2, -0.15) is 5.10 Å². The first-order chi connectivity index (χ1) is 10.0. The lowest BCUT2D eigenvalue weighted by atomic mass is 10.1. The lowest BCUT2D eigenvalue weighted by Crippen LogP contribution is -2.31. The molecular formula is C15H17N3O3. The largest absolute Gasteiger partial charge is 0.392 e. The Morgan fingerprint density at radius 1 is 1.24 bits per heavy atom. The smallest absolute Gasteiger partial charge is 0.277 e. The van der Waals surface area contributed by atoms with Crippen molar-refractivity contribution in [2.45, 2.75) is 27.0 Å². The number of nitrogens with zero attached hydrogens (tertiary/aromatic N) is 1. The number of hydrogen-bond donors (Lipinski definition) is 3. The van der Waals surface area contributed by atoms with Gasteiger partial charge in [-0.3, -0.25) is 9.59 Å². The van der Waals surface area contributed by atoms with Crippen molar-refractivity contribution in [1.29, 1.82) is 0 Å². The lowest BCUT2D eigenvalue weighted by Gasteiger charge is -2.08. The number of aliphatic hydroxyl groups excluding tert-OH is 1. The van der Waals surface area contributed by atoms with Gasteiger partial charge < -0.3 is 10.4 Å². The van der Waals surface area contributed by atoms with Crippen molar-refractivity contribution in [3.63, 3.8) is 0 Å². The molecule has 2 aromatic rings. The Labute approximate surface area is 121 Å². The van der Waals surface area contributed by atoms with Crippen LogP contribution in [-0.2, 0) is 13.2 Å². The minimum atomic E-state index is -0.494. The van der Waals surface area contributed by atoms with E-state index in [1.165, 1.54) is 0 Å². The first-order valence-electron chi connectivity index (χ1n) is 6.55. The third-order valence-electron chi connectivity index (χ3n) is 3.36. The van der Waals surface area contributed by atoms with Gasteiger partial charge in [0, 0.05) is 6.54 Å². The lowest BCUT2D eigenvalue weighted by molar-refractivity contribution is 0.0948. The number of carbonyl (C=O) groups is 1. The van der Waals surface area contributed by atoms with Crippen molar-refractivity contribution in [2.24, 2.45) is 0 Å². The average molecular weight is 287 g/mol. The van der Waals surface area contributed by atoms with Crippen LogP contribution in [0.4, 0.5) is 0 Å². The van der Waals surface area contributed by atoms with E-state index in [-0.39, 0.29) is 12.2 Å². The molecule has 0 aliphatic rings. The molecule has 0 saturated carbocycles. The number of carbonyl (C=O) groups excluding carboxylic acids is 1. The molecule has 1 amide bonds. The van der Waals surface area contributed by atoms with Crippen LogP contribution in [0.25, 0.3) is 0 Å². The molecule has 0 aliphatic carbocycles. The summed E-state index contributed by atoms with van der Waals surface area (Å²) in [5.41, 5.74) is 2.49. The molecule has 110 valence electrons. The number of amides is 1. The van der Waals surface area contributed by atoms with E-state index in [2.05, 4.69) is 15.5 Å². The normalized spacial score (nSPS) is 10.4. The molecule has 3 N–H and O–H groups in total. The average Bonchev–Trinajstić information content (AvgIpc) is 2.50. The van der Waals surface area contributed by atoms with Gasteiger partial charge in [0.15, 0.2) is 0 Å². The Hall–Kier alpha value is -2.47.